The second-order valence-electron chi connectivity index (χ2n) is 8.72. The molecule has 174 valence electrons. The highest BCUT2D eigenvalue weighted by Gasteiger charge is 2.27. The molecule has 0 radical (unpaired) electrons. The molecule has 2 aromatic rings. The molecule has 10 heteroatoms. The van der Waals surface area contributed by atoms with Crippen LogP contribution in [0.4, 0.5) is 5.82 Å². The second kappa shape index (κ2) is 10.6. The maximum absolute atomic E-state index is 13.0. The number of rotatable bonds is 8. The third-order valence-electron chi connectivity index (χ3n) is 4.05. The van der Waals surface area contributed by atoms with Gasteiger partial charge in [-0.1, -0.05) is 31.5 Å². The first-order valence-corrected chi connectivity index (χ1v) is 10.5. The van der Waals surface area contributed by atoms with E-state index in [2.05, 4.69) is 15.3 Å². The Bertz CT molecular complexity index is 1010. The molecule has 0 aliphatic heterocycles. The molecular weight excluding hydrogens is 434 g/mol. The van der Waals surface area contributed by atoms with Crippen LogP contribution in [-0.4, -0.2) is 47.7 Å². The van der Waals surface area contributed by atoms with E-state index in [1.807, 2.05) is 13.8 Å². The minimum atomic E-state index is -0.981. The van der Waals surface area contributed by atoms with E-state index in [0.717, 1.165) is 0 Å². The van der Waals surface area contributed by atoms with E-state index >= 15 is 0 Å². The van der Waals surface area contributed by atoms with Gasteiger partial charge in [-0.2, -0.15) is 4.99 Å². The number of esters is 1. The topological polar surface area (TPSA) is 142 Å². The summed E-state index contributed by atoms with van der Waals surface area (Å²) in [6.07, 6.45) is 1.43. The lowest BCUT2D eigenvalue weighted by Crippen LogP contribution is -2.47. The lowest BCUT2D eigenvalue weighted by atomic mass is 10.1. The molecule has 1 unspecified atom stereocenters. The van der Waals surface area contributed by atoms with Gasteiger partial charge in [0.05, 0.1) is 11.6 Å². The van der Waals surface area contributed by atoms with Crippen molar-refractivity contribution in [3.63, 3.8) is 0 Å². The van der Waals surface area contributed by atoms with Crippen molar-refractivity contribution in [3.05, 3.63) is 35.0 Å². The number of fused-ring (bicyclic) bond motifs is 1. The van der Waals surface area contributed by atoms with Crippen LogP contribution in [0.15, 0.2) is 29.4 Å². The van der Waals surface area contributed by atoms with Crippen molar-refractivity contribution in [3.8, 4) is 0 Å². The number of guanidine groups is 1. The van der Waals surface area contributed by atoms with Crippen LogP contribution in [0.3, 0.4) is 0 Å². The van der Waals surface area contributed by atoms with Crippen molar-refractivity contribution in [2.45, 2.75) is 46.3 Å². The molecule has 1 heterocycles. The fraction of sp³-hybridized carbons (Fsp3) is 0.455. The van der Waals surface area contributed by atoms with Crippen LogP contribution >= 0.6 is 11.6 Å². The SMILES string of the molecule is CC(C)COCC(NC(=O)c1ccc2c(Cl)cnc(N=C(N)N)c2c1)C(=O)OC(C)(C)C. The average Bonchev–Trinajstić information content (AvgIpc) is 2.67. The third kappa shape index (κ3) is 7.35. The molecule has 1 aromatic carbocycles. The number of carbonyl (C=O) groups is 2. The fourth-order valence-electron chi connectivity index (χ4n) is 2.75. The predicted molar refractivity (Wildman–Crippen MR) is 125 cm³/mol. The summed E-state index contributed by atoms with van der Waals surface area (Å²) in [5.74, 6) is -0.754. The number of hydrogen-bond acceptors (Lipinski definition) is 6. The number of halogens is 1. The van der Waals surface area contributed by atoms with Crippen molar-refractivity contribution in [1.82, 2.24) is 10.3 Å². The fourth-order valence-corrected chi connectivity index (χ4v) is 2.97. The second-order valence-corrected chi connectivity index (χ2v) is 9.12. The zero-order chi connectivity index (χ0) is 24.1. The van der Waals surface area contributed by atoms with E-state index in [4.69, 9.17) is 32.5 Å². The van der Waals surface area contributed by atoms with Crippen LogP contribution in [-0.2, 0) is 14.3 Å². The molecule has 1 amide bonds. The molecule has 1 atom stereocenters. The molecule has 2 rings (SSSR count). The minimum absolute atomic E-state index is 0.0148. The van der Waals surface area contributed by atoms with E-state index in [1.165, 1.54) is 6.20 Å². The smallest absolute Gasteiger partial charge is 0.331 e. The molecule has 1 aromatic heterocycles. The van der Waals surface area contributed by atoms with Gasteiger partial charge in [0, 0.05) is 29.1 Å². The quantitative estimate of drug-likeness (QED) is 0.310. The van der Waals surface area contributed by atoms with E-state index in [9.17, 15) is 9.59 Å². The highest BCUT2D eigenvalue weighted by atomic mass is 35.5. The van der Waals surface area contributed by atoms with Crippen molar-refractivity contribution >= 4 is 46.0 Å². The van der Waals surface area contributed by atoms with Gasteiger partial charge in [-0.25, -0.2) is 9.78 Å². The summed E-state index contributed by atoms with van der Waals surface area (Å²) in [7, 11) is 0. The summed E-state index contributed by atoms with van der Waals surface area (Å²) in [4.78, 5) is 33.7. The van der Waals surface area contributed by atoms with Gasteiger partial charge < -0.3 is 26.3 Å². The first-order valence-electron chi connectivity index (χ1n) is 10.2. The predicted octanol–water partition coefficient (Wildman–Crippen LogP) is 2.91. The highest BCUT2D eigenvalue weighted by Crippen LogP contribution is 2.30. The monoisotopic (exact) mass is 463 g/mol. The normalized spacial score (nSPS) is 12.5. The van der Waals surface area contributed by atoms with Crippen molar-refractivity contribution in [1.29, 1.82) is 0 Å². The van der Waals surface area contributed by atoms with Gasteiger partial charge in [0.2, 0.25) is 0 Å². The van der Waals surface area contributed by atoms with E-state index < -0.39 is 23.5 Å². The molecule has 0 fully saturated rings. The number of nitrogens with two attached hydrogens (primary N) is 2. The number of carbonyl (C=O) groups excluding carboxylic acids is 2. The lowest BCUT2D eigenvalue weighted by Gasteiger charge is -2.25. The van der Waals surface area contributed by atoms with Crippen LogP contribution < -0.4 is 16.8 Å². The summed E-state index contributed by atoms with van der Waals surface area (Å²) in [5, 5.41) is 4.19. The molecule has 9 nitrogen and oxygen atoms in total. The molecule has 0 bridgehead atoms. The first-order chi connectivity index (χ1) is 14.9. The number of pyridine rings is 1. The van der Waals surface area contributed by atoms with E-state index in [0.29, 0.717) is 22.4 Å². The molecule has 0 aliphatic rings. The van der Waals surface area contributed by atoms with Gasteiger partial charge in [-0.05, 0) is 38.8 Å². The Morgan fingerprint density at radius 3 is 2.47 bits per heavy atom. The van der Waals surface area contributed by atoms with Crippen LogP contribution in [0, 0.1) is 5.92 Å². The molecule has 5 N–H and O–H groups in total. The number of nitrogens with zero attached hydrogens (tertiary/aromatic N) is 2. The standard InChI is InChI=1S/C22H30ClN5O4/c1-12(2)10-31-11-17(20(30)32-22(3,4)5)27-19(29)13-6-7-14-15(8-13)18(28-21(24)25)26-9-16(14)23/h6-9,12,17H,10-11H2,1-5H3,(H,27,29)(H4,24,25,26,28). The van der Waals surface area contributed by atoms with Gasteiger partial charge in [0.15, 0.2) is 17.8 Å². The Morgan fingerprint density at radius 2 is 1.88 bits per heavy atom. The maximum Gasteiger partial charge on any atom is 0.331 e. The van der Waals surface area contributed by atoms with Gasteiger partial charge >= 0.3 is 5.97 Å². The van der Waals surface area contributed by atoms with Gasteiger partial charge in [0.1, 0.15) is 5.60 Å². The Hall–Kier alpha value is -2.91. The zero-order valence-corrected chi connectivity index (χ0v) is 19.7. The number of ether oxygens (including phenoxy) is 2. The van der Waals surface area contributed by atoms with E-state index in [1.54, 1.807) is 39.0 Å². The minimum Gasteiger partial charge on any atom is -0.458 e. The summed E-state index contributed by atoms with van der Waals surface area (Å²) in [5.41, 5.74) is 10.5. The largest absolute Gasteiger partial charge is 0.458 e. The van der Waals surface area contributed by atoms with Crippen LogP contribution in [0.2, 0.25) is 5.02 Å². The lowest BCUT2D eigenvalue weighted by molar-refractivity contribution is -0.159. The summed E-state index contributed by atoms with van der Waals surface area (Å²) < 4.78 is 11.0. The number of aromatic nitrogens is 1. The summed E-state index contributed by atoms with van der Waals surface area (Å²) >= 11 is 6.22. The number of benzene rings is 1. The van der Waals surface area contributed by atoms with Gasteiger partial charge in [-0.15, -0.1) is 0 Å². The summed E-state index contributed by atoms with van der Waals surface area (Å²) in [6, 6.07) is 3.83. The Labute approximate surface area is 192 Å². The van der Waals surface area contributed by atoms with Crippen molar-refractivity contribution in [2.24, 2.45) is 22.4 Å². The van der Waals surface area contributed by atoms with Crippen molar-refractivity contribution < 1.29 is 19.1 Å². The van der Waals surface area contributed by atoms with Gasteiger partial charge in [-0.3, -0.25) is 4.79 Å². The van der Waals surface area contributed by atoms with Crippen LogP contribution in [0.25, 0.3) is 10.8 Å². The molecular formula is C22H30ClN5O4. The highest BCUT2D eigenvalue weighted by molar-refractivity contribution is 6.35. The first kappa shape index (κ1) is 25.4. The number of amides is 1. The number of hydrogen-bond donors (Lipinski definition) is 3. The van der Waals surface area contributed by atoms with Crippen LogP contribution in [0.5, 0.6) is 0 Å². The summed E-state index contributed by atoms with van der Waals surface area (Å²) in [6.45, 7) is 9.67. The molecule has 32 heavy (non-hydrogen) atoms. The maximum atomic E-state index is 13.0. The van der Waals surface area contributed by atoms with Crippen LogP contribution in [0.1, 0.15) is 45.0 Å². The van der Waals surface area contributed by atoms with E-state index in [-0.39, 0.29) is 29.9 Å². The number of aliphatic imine (C=N–C) groups is 1. The Kier molecular flexibility index (Phi) is 8.40. The average molecular weight is 464 g/mol. The zero-order valence-electron chi connectivity index (χ0n) is 18.9. The van der Waals surface area contributed by atoms with Gasteiger partial charge in [0.25, 0.3) is 5.91 Å². The Balaban J connectivity index is 2.33. The Morgan fingerprint density at radius 1 is 1.19 bits per heavy atom. The third-order valence-corrected chi connectivity index (χ3v) is 4.35. The molecule has 0 spiro atoms. The molecule has 0 saturated carbocycles. The molecule has 0 saturated heterocycles. The molecule has 0 aliphatic carbocycles. The van der Waals surface area contributed by atoms with Crippen molar-refractivity contribution in [2.75, 3.05) is 13.2 Å². The number of nitrogens with one attached hydrogen (secondary N) is 1.